The Bertz CT molecular complexity index is 841. The second-order valence-corrected chi connectivity index (χ2v) is 13.6. The van der Waals surface area contributed by atoms with Crippen LogP contribution in [0, 0.1) is 12.8 Å². The van der Waals surface area contributed by atoms with Crippen molar-refractivity contribution < 1.29 is 26.8 Å². The second kappa shape index (κ2) is 23.5. The van der Waals surface area contributed by atoms with Gasteiger partial charge in [0, 0.05) is 19.1 Å². The van der Waals surface area contributed by atoms with Crippen LogP contribution in [0.1, 0.15) is 128 Å². The maximum atomic E-state index is 12.2. The molecule has 1 saturated heterocycles. The summed E-state index contributed by atoms with van der Waals surface area (Å²) in [4.78, 5) is 0.222. The molecular formula is C34H60O6S. The predicted octanol–water partition coefficient (Wildman–Crippen LogP) is 8.79. The van der Waals surface area contributed by atoms with Crippen LogP contribution < -0.4 is 0 Å². The lowest BCUT2D eigenvalue weighted by atomic mass is 10.1. The summed E-state index contributed by atoms with van der Waals surface area (Å²) in [6.07, 6.45) is 22.5. The van der Waals surface area contributed by atoms with Gasteiger partial charge in [0.25, 0.3) is 10.1 Å². The standard InChI is InChI=1S/C34H60O6S/c1-3-4-5-6-7-8-9-10-11-12-14-17-24-37-28-32-27-33(39-29-32)30-38-25-18-15-13-16-19-26-40-41(35,36)34-22-20-31(2)21-23-34/h20-23,32-33H,3-19,24-30H2,1-2H3/t32-,33-/m1/s1. The molecule has 0 aromatic heterocycles. The average molecular weight is 597 g/mol. The molecule has 0 bridgehead atoms. The van der Waals surface area contributed by atoms with E-state index >= 15 is 0 Å². The maximum Gasteiger partial charge on any atom is 0.296 e. The van der Waals surface area contributed by atoms with Gasteiger partial charge in [-0.15, -0.1) is 0 Å². The first-order valence-electron chi connectivity index (χ1n) is 16.7. The normalized spacial score (nSPS) is 17.4. The Morgan fingerprint density at radius 2 is 1.17 bits per heavy atom. The lowest BCUT2D eigenvalue weighted by molar-refractivity contribution is 0.0140. The topological polar surface area (TPSA) is 71.1 Å². The number of aryl methyl sites for hydroxylation is 1. The average Bonchev–Trinajstić information content (AvgIpc) is 3.42. The van der Waals surface area contributed by atoms with Gasteiger partial charge in [0.2, 0.25) is 0 Å². The van der Waals surface area contributed by atoms with Crippen LogP contribution in [-0.4, -0.2) is 54.2 Å². The van der Waals surface area contributed by atoms with E-state index in [0.29, 0.717) is 12.5 Å². The molecule has 0 saturated carbocycles. The highest BCUT2D eigenvalue weighted by Crippen LogP contribution is 2.21. The smallest absolute Gasteiger partial charge is 0.296 e. The third kappa shape index (κ3) is 18.3. The molecule has 1 aliphatic heterocycles. The van der Waals surface area contributed by atoms with E-state index in [2.05, 4.69) is 6.92 Å². The van der Waals surface area contributed by atoms with Gasteiger partial charge in [-0.25, -0.2) is 0 Å². The van der Waals surface area contributed by atoms with Crippen LogP contribution in [0.3, 0.4) is 0 Å². The van der Waals surface area contributed by atoms with Crippen LogP contribution in [0.15, 0.2) is 29.2 Å². The molecule has 0 N–H and O–H groups in total. The van der Waals surface area contributed by atoms with Crippen LogP contribution >= 0.6 is 0 Å². The Hall–Kier alpha value is -0.990. The highest BCUT2D eigenvalue weighted by molar-refractivity contribution is 7.86. The SMILES string of the molecule is CCCCCCCCCCCCCCOC[C@@H]1CO[C@@H](COCCCCCCCOS(=O)(=O)c2ccc(C)cc2)C1. The number of ether oxygens (including phenoxy) is 3. The van der Waals surface area contributed by atoms with Gasteiger partial charge >= 0.3 is 0 Å². The molecule has 41 heavy (non-hydrogen) atoms. The number of rotatable bonds is 27. The highest BCUT2D eigenvalue weighted by atomic mass is 32.2. The Balaban J connectivity index is 1.31. The van der Waals surface area contributed by atoms with E-state index in [1.165, 1.54) is 77.0 Å². The molecule has 0 aliphatic carbocycles. The molecule has 0 radical (unpaired) electrons. The molecule has 2 atom stereocenters. The van der Waals surface area contributed by atoms with Gasteiger partial charge in [-0.1, -0.05) is 115 Å². The van der Waals surface area contributed by atoms with Gasteiger partial charge in [0.1, 0.15) is 0 Å². The lowest BCUT2D eigenvalue weighted by Gasteiger charge is -2.11. The van der Waals surface area contributed by atoms with Crippen LogP contribution in [0.2, 0.25) is 0 Å². The molecule has 2 rings (SSSR count). The summed E-state index contributed by atoms with van der Waals surface area (Å²) in [5, 5.41) is 0. The molecule has 1 aromatic carbocycles. The zero-order valence-electron chi connectivity index (χ0n) is 26.3. The van der Waals surface area contributed by atoms with E-state index in [1.807, 2.05) is 6.92 Å². The quantitative estimate of drug-likeness (QED) is 0.0747. The van der Waals surface area contributed by atoms with E-state index in [9.17, 15) is 8.42 Å². The van der Waals surface area contributed by atoms with Crippen molar-refractivity contribution in [2.45, 2.75) is 140 Å². The molecule has 0 unspecified atom stereocenters. The summed E-state index contributed by atoms with van der Waals surface area (Å²) in [5.41, 5.74) is 1.03. The molecule has 238 valence electrons. The van der Waals surface area contributed by atoms with Crippen LogP contribution in [0.4, 0.5) is 0 Å². The third-order valence-corrected chi connectivity index (χ3v) is 9.27. The molecule has 1 fully saturated rings. The van der Waals surface area contributed by atoms with Gasteiger partial charge in [0.05, 0.1) is 37.4 Å². The molecular weight excluding hydrogens is 536 g/mol. The number of unbranched alkanes of at least 4 members (excludes halogenated alkanes) is 15. The van der Waals surface area contributed by atoms with Crippen molar-refractivity contribution in [2.24, 2.45) is 5.92 Å². The van der Waals surface area contributed by atoms with E-state index in [1.54, 1.807) is 24.3 Å². The van der Waals surface area contributed by atoms with Crippen molar-refractivity contribution in [3.05, 3.63) is 29.8 Å². The molecule has 1 aromatic rings. The minimum atomic E-state index is -3.65. The summed E-state index contributed by atoms with van der Waals surface area (Å²) in [6, 6.07) is 6.75. The fourth-order valence-electron chi connectivity index (χ4n) is 5.30. The number of hydrogen-bond acceptors (Lipinski definition) is 6. The van der Waals surface area contributed by atoms with Crippen molar-refractivity contribution in [3.8, 4) is 0 Å². The predicted molar refractivity (Wildman–Crippen MR) is 168 cm³/mol. The Kier molecular flexibility index (Phi) is 20.7. The first-order chi connectivity index (χ1) is 20.0. The largest absolute Gasteiger partial charge is 0.381 e. The Morgan fingerprint density at radius 3 is 1.73 bits per heavy atom. The molecule has 6 nitrogen and oxygen atoms in total. The minimum Gasteiger partial charge on any atom is -0.381 e. The van der Waals surface area contributed by atoms with Crippen molar-refractivity contribution in [3.63, 3.8) is 0 Å². The first kappa shape index (κ1) is 36.2. The summed E-state index contributed by atoms with van der Waals surface area (Å²) in [6.45, 7) is 8.33. The third-order valence-electron chi connectivity index (χ3n) is 7.94. The van der Waals surface area contributed by atoms with Gasteiger partial charge in [-0.3, -0.25) is 4.18 Å². The zero-order chi connectivity index (χ0) is 29.4. The first-order valence-corrected chi connectivity index (χ1v) is 18.1. The van der Waals surface area contributed by atoms with Gasteiger partial charge < -0.3 is 14.2 Å². The van der Waals surface area contributed by atoms with E-state index in [4.69, 9.17) is 18.4 Å². The number of benzene rings is 1. The summed E-state index contributed by atoms with van der Waals surface area (Å²) in [7, 11) is -3.65. The Labute approximate surface area is 252 Å². The van der Waals surface area contributed by atoms with Crippen LogP contribution in [0.5, 0.6) is 0 Å². The lowest BCUT2D eigenvalue weighted by Crippen LogP contribution is -2.15. The van der Waals surface area contributed by atoms with Crippen molar-refractivity contribution in [1.29, 1.82) is 0 Å². The molecule has 7 heteroatoms. The molecule has 1 aliphatic rings. The van der Waals surface area contributed by atoms with Crippen molar-refractivity contribution in [1.82, 2.24) is 0 Å². The summed E-state index contributed by atoms with van der Waals surface area (Å²) in [5.74, 6) is 0.498. The van der Waals surface area contributed by atoms with E-state index in [-0.39, 0.29) is 17.6 Å². The fourth-order valence-corrected chi connectivity index (χ4v) is 6.24. The van der Waals surface area contributed by atoms with E-state index < -0.39 is 10.1 Å². The van der Waals surface area contributed by atoms with Crippen molar-refractivity contribution in [2.75, 3.05) is 39.6 Å². The second-order valence-electron chi connectivity index (χ2n) is 12.0. The summed E-state index contributed by atoms with van der Waals surface area (Å²) >= 11 is 0. The van der Waals surface area contributed by atoms with Gasteiger partial charge in [-0.05, 0) is 44.7 Å². The monoisotopic (exact) mass is 596 g/mol. The van der Waals surface area contributed by atoms with Gasteiger partial charge in [0.15, 0.2) is 0 Å². The maximum absolute atomic E-state index is 12.2. The van der Waals surface area contributed by atoms with Crippen molar-refractivity contribution >= 4 is 10.1 Å². The molecule has 0 amide bonds. The Morgan fingerprint density at radius 1 is 0.683 bits per heavy atom. The zero-order valence-corrected chi connectivity index (χ0v) is 27.1. The molecule has 1 heterocycles. The van der Waals surface area contributed by atoms with Crippen LogP contribution in [0.25, 0.3) is 0 Å². The van der Waals surface area contributed by atoms with Gasteiger partial charge in [-0.2, -0.15) is 8.42 Å². The minimum absolute atomic E-state index is 0.197. The molecule has 0 spiro atoms. The number of hydrogen-bond donors (Lipinski definition) is 0. The fraction of sp³-hybridized carbons (Fsp3) is 0.824. The summed E-state index contributed by atoms with van der Waals surface area (Å²) < 4.78 is 47.2. The van der Waals surface area contributed by atoms with E-state index in [0.717, 1.165) is 70.5 Å². The van der Waals surface area contributed by atoms with Crippen LogP contribution in [-0.2, 0) is 28.5 Å². The highest BCUT2D eigenvalue weighted by Gasteiger charge is 2.25.